The van der Waals surface area contributed by atoms with Gasteiger partial charge in [0.25, 0.3) is 5.69 Å². The van der Waals surface area contributed by atoms with Crippen molar-refractivity contribution in [2.75, 3.05) is 11.1 Å². The van der Waals surface area contributed by atoms with E-state index in [1.165, 1.54) is 6.07 Å². The molecule has 1 amide bonds. The predicted octanol–water partition coefficient (Wildman–Crippen LogP) is 6.89. The number of rotatable bonds is 7. The van der Waals surface area contributed by atoms with Gasteiger partial charge in [-0.25, -0.2) is 4.98 Å². The van der Waals surface area contributed by atoms with Crippen molar-refractivity contribution in [2.24, 2.45) is 0 Å². The summed E-state index contributed by atoms with van der Waals surface area (Å²) >= 11 is 7.17. The van der Waals surface area contributed by atoms with Crippen LogP contribution in [-0.2, 0) is 4.79 Å². The van der Waals surface area contributed by atoms with Crippen LogP contribution in [-0.4, -0.2) is 21.6 Å². The van der Waals surface area contributed by atoms with Crippen LogP contribution in [0.5, 0.6) is 0 Å². The molecule has 0 unspecified atom stereocenters. The number of nitro groups is 1. The summed E-state index contributed by atoms with van der Waals surface area (Å²) in [5, 5.41) is 24.9. The fourth-order valence-electron chi connectivity index (χ4n) is 3.56. The number of aromatic nitrogens is 1. The lowest BCUT2D eigenvalue weighted by molar-refractivity contribution is -0.385. The number of nitro benzene ring substituents is 1. The van der Waals surface area contributed by atoms with Crippen LogP contribution in [0, 0.1) is 28.4 Å². The quantitative estimate of drug-likeness (QED) is 0.163. The molecule has 7 nitrogen and oxygen atoms in total. The number of pyridine rings is 1. The van der Waals surface area contributed by atoms with Crippen LogP contribution in [0.1, 0.15) is 11.1 Å². The molecule has 0 aliphatic carbocycles. The molecule has 1 heterocycles. The summed E-state index contributed by atoms with van der Waals surface area (Å²) in [6.07, 6.45) is 0. The zero-order valence-electron chi connectivity index (χ0n) is 19.1. The standard InChI is InChI=1S/C27H19ClN4O3S/c1-17-7-12-21(13-25(17)32(34)35)30-26(33)16-36-27-23(15-29)22(18-5-3-2-4-6-18)14-24(31-27)19-8-10-20(28)11-9-19/h2-14H,16H2,1H3,(H,30,33). The molecule has 0 atom stereocenters. The molecule has 0 spiro atoms. The van der Waals surface area contributed by atoms with Crippen LogP contribution in [0.4, 0.5) is 11.4 Å². The molecule has 1 aromatic heterocycles. The molecule has 178 valence electrons. The van der Waals surface area contributed by atoms with Gasteiger partial charge in [-0.05, 0) is 36.8 Å². The summed E-state index contributed by atoms with van der Waals surface area (Å²) < 4.78 is 0. The van der Waals surface area contributed by atoms with E-state index in [0.717, 1.165) is 22.9 Å². The van der Waals surface area contributed by atoms with Crippen molar-refractivity contribution in [1.29, 1.82) is 5.26 Å². The number of carbonyl (C=O) groups excluding carboxylic acids is 1. The number of nitrogens with one attached hydrogen (secondary N) is 1. The average Bonchev–Trinajstić information content (AvgIpc) is 2.88. The van der Waals surface area contributed by atoms with Crippen LogP contribution in [0.25, 0.3) is 22.4 Å². The third-order valence-corrected chi connectivity index (χ3v) is 6.58. The van der Waals surface area contributed by atoms with Gasteiger partial charge in [0.2, 0.25) is 5.91 Å². The van der Waals surface area contributed by atoms with Gasteiger partial charge in [-0.15, -0.1) is 0 Å². The fraction of sp³-hybridized carbons (Fsp3) is 0.0741. The lowest BCUT2D eigenvalue weighted by atomic mass is 9.99. The van der Waals surface area contributed by atoms with Gasteiger partial charge in [-0.2, -0.15) is 5.26 Å². The van der Waals surface area contributed by atoms with E-state index in [1.807, 2.05) is 48.5 Å². The highest BCUT2D eigenvalue weighted by Gasteiger charge is 2.18. The number of hydrogen-bond acceptors (Lipinski definition) is 6. The molecule has 0 fully saturated rings. The SMILES string of the molecule is Cc1ccc(NC(=O)CSc2nc(-c3ccc(Cl)cc3)cc(-c3ccccc3)c2C#N)cc1[N+](=O)[O-]. The van der Waals surface area contributed by atoms with Gasteiger partial charge >= 0.3 is 0 Å². The molecule has 4 rings (SSSR count). The number of benzene rings is 3. The minimum absolute atomic E-state index is 0.0400. The Bertz CT molecular complexity index is 1490. The number of nitriles is 1. The highest BCUT2D eigenvalue weighted by molar-refractivity contribution is 8.00. The fourth-order valence-corrected chi connectivity index (χ4v) is 4.49. The van der Waals surface area contributed by atoms with E-state index in [1.54, 1.807) is 31.2 Å². The average molecular weight is 515 g/mol. The monoisotopic (exact) mass is 514 g/mol. The topological polar surface area (TPSA) is 109 Å². The van der Waals surface area contributed by atoms with E-state index in [0.29, 0.717) is 38.1 Å². The minimum Gasteiger partial charge on any atom is -0.325 e. The number of nitrogens with zero attached hydrogens (tertiary/aromatic N) is 3. The molecule has 0 aliphatic rings. The van der Waals surface area contributed by atoms with Crippen molar-refractivity contribution in [1.82, 2.24) is 4.98 Å². The van der Waals surface area contributed by atoms with Crippen molar-refractivity contribution in [3.8, 4) is 28.5 Å². The number of hydrogen-bond donors (Lipinski definition) is 1. The van der Waals surface area contributed by atoms with Crippen LogP contribution >= 0.6 is 23.4 Å². The van der Waals surface area contributed by atoms with Crippen molar-refractivity contribution < 1.29 is 9.72 Å². The normalized spacial score (nSPS) is 10.5. The molecule has 0 saturated heterocycles. The van der Waals surface area contributed by atoms with Crippen LogP contribution in [0.2, 0.25) is 5.02 Å². The Balaban J connectivity index is 1.65. The number of carbonyl (C=O) groups is 1. The van der Waals surface area contributed by atoms with Crippen molar-refractivity contribution in [2.45, 2.75) is 11.9 Å². The maximum atomic E-state index is 12.7. The third kappa shape index (κ3) is 5.71. The maximum absolute atomic E-state index is 12.7. The smallest absolute Gasteiger partial charge is 0.274 e. The summed E-state index contributed by atoms with van der Waals surface area (Å²) in [4.78, 5) is 28.1. The number of aryl methyl sites for hydroxylation is 1. The molecular weight excluding hydrogens is 496 g/mol. The second-order valence-corrected chi connectivity index (χ2v) is 9.22. The van der Waals surface area contributed by atoms with Crippen LogP contribution in [0.3, 0.4) is 0 Å². The Morgan fingerprint density at radius 2 is 1.81 bits per heavy atom. The molecular formula is C27H19ClN4O3S. The number of anilines is 1. The number of amides is 1. The van der Waals surface area contributed by atoms with E-state index in [-0.39, 0.29) is 17.3 Å². The Labute approximate surface area is 216 Å². The van der Waals surface area contributed by atoms with E-state index >= 15 is 0 Å². The van der Waals surface area contributed by atoms with Gasteiger partial charge in [0.15, 0.2) is 0 Å². The van der Waals surface area contributed by atoms with Crippen LogP contribution in [0.15, 0.2) is 83.9 Å². The van der Waals surface area contributed by atoms with Gasteiger partial charge < -0.3 is 5.32 Å². The Morgan fingerprint density at radius 1 is 1.08 bits per heavy atom. The maximum Gasteiger partial charge on any atom is 0.274 e. The zero-order chi connectivity index (χ0) is 25.7. The molecule has 0 aliphatic heterocycles. The van der Waals surface area contributed by atoms with E-state index in [4.69, 9.17) is 11.6 Å². The van der Waals surface area contributed by atoms with Gasteiger partial charge in [0, 0.05) is 33.5 Å². The van der Waals surface area contributed by atoms with Gasteiger partial charge in [-0.1, -0.05) is 71.9 Å². The Morgan fingerprint density at radius 3 is 2.47 bits per heavy atom. The summed E-state index contributed by atoms with van der Waals surface area (Å²) in [5.74, 6) is -0.413. The highest BCUT2D eigenvalue weighted by Crippen LogP contribution is 2.34. The largest absolute Gasteiger partial charge is 0.325 e. The number of halogens is 1. The van der Waals surface area contributed by atoms with Gasteiger partial charge in [0.05, 0.1) is 21.9 Å². The first-order chi connectivity index (χ1) is 17.4. The molecule has 0 bridgehead atoms. The van der Waals surface area contributed by atoms with Crippen molar-refractivity contribution in [3.05, 3.63) is 105 Å². The molecule has 4 aromatic rings. The van der Waals surface area contributed by atoms with Crippen molar-refractivity contribution in [3.63, 3.8) is 0 Å². The lowest BCUT2D eigenvalue weighted by Gasteiger charge is -2.13. The molecule has 0 radical (unpaired) electrons. The Hall–Kier alpha value is -4.19. The second kappa shape index (κ2) is 11.0. The predicted molar refractivity (Wildman–Crippen MR) is 142 cm³/mol. The van der Waals surface area contributed by atoms with E-state index in [2.05, 4.69) is 16.4 Å². The van der Waals surface area contributed by atoms with E-state index < -0.39 is 4.92 Å². The summed E-state index contributed by atoms with van der Waals surface area (Å²) in [7, 11) is 0. The van der Waals surface area contributed by atoms with Crippen LogP contribution < -0.4 is 5.32 Å². The molecule has 36 heavy (non-hydrogen) atoms. The molecule has 9 heteroatoms. The summed E-state index contributed by atoms with van der Waals surface area (Å²) in [6, 6.07) is 25.3. The third-order valence-electron chi connectivity index (χ3n) is 5.35. The lowest BCUT2D eigenvalue weighted by Crippen LogP contribution is -2.14. The summed E-state index contributed by atoms with van der Waals surface area (Å²) in [5.41, 5.74) is 4.13. The minimum atomic E-state index is -0.490. The zero-order valence-corrected chi connectivity index (χ0v) is 20.6. The first kappa shape index (κ1) is 24.9. The van der Waals surface area contributed by atoms with Crippen molar-refractivity contribution >= 4 is 40.6 Å². The molecule has 0 saturated carbocycles. The van der Waals surface area contributed by atoms with E-state index in [9.17, 15) is 20.2 Å². The highest BCUT2D eigenvalue weighted by atomic mass is 35.5. The first-order valence-corrected chi connectivity index (χ1v) is 12.2. The second-order valence-electron chi connectivity index (χ2n) is 7.82. The Kier molecular flexibility index (Phi) is 7.64. The summed E-state index contributed by atoms with van der Waals surface area (Å²) in [6.45, 7) is 1.63. The van der Waals surface area contributed by atoms with Gasteiger partial charge in [-0.3, -0.25) is 14.9 Å². The molecule has 3 aromatic carbocycles. The molecule has 1 N–H and O–H groups in total. The number of thioether (sulfide) groups is 1. The first-order valence-electron chi connectivity index (χ1n) is 10.8. The van der Waals surface area contributed by atoms with Gasteiger partial charge in [0.1, 0.15) is 11.1 Å².